The molecule has 0 saturated carbocycles. The number of benzene rings is 1. The molecule has 0 aromatic heterocycles. The standard InChI is InChI=1S/C12H13FN2O4/c13-10-2-1-8(7-11(10)15(17)18)12(16)14-9-3-5-19-6-4-9/h1-2,7,9H,3-6H2,(H,14,16). The van der Waals surface area contributed by atoms with Crippen molar-refractivity contribution in [2.24, 2.45) is 0 Å². The molecule has 0 bridgehead atoms. The summed E-state index contributed by atoms with van der Waals surface area (Å²) in [6, 6.07) is 3.10. The molecule has 1 aromatic carbocycles. The summed E-state index contributed by atoms with van der Waals surface area (Å²) in [5.74, 6) is -1.39. The van der Waals surface area contributed by atoms with E-state index in [1.54, 1.807) is 0 Å². The first-order valence-electron chi connectivity index (χ1n) is 5.90. The number of carbonyl (C=O) groups excluding carboxylic acids is 1. The number of nitro benzene ring substituents is 1. The third-order valence-electron chi connectivity index (χ3n) is 2.96. The van der Waals surface area contributed by atoms with E-state index in [1.165, 1.54) is 6.07 Å². The average molecular weight is 268 g/mol. The van der Waals surface area contributed by atoms with E-state index in [9.17, 15) is 19.3 Å². The van der Waals surface area contributed by atoms with Gasteiger partial charge in [-0.1, -0.05) is 0 Å². The van der Waals surface area contributed by atoms with Crippen LogP contribution in [0.5, 0.6) is 0 Å². The van der Waals surface area contributed by atoms with Gasteiger partial charge in [0.1, 0.15) is 0 Å². The first-order valence-corrected chi connectivity index (χ1v) is 5.90. The highest BCUT2D eigenvalue weighted by Gasteiger charge is 2.20. The minimum atomic E-state index is -0.951. The molecule has 0 aliphatic carbocycles. The topological polar surface area (TPSA) is 81.5 Å². The number of hydrogen-bond acceptors (Lipinski definition) is 4. The first-order chi connectivity index (χ1) is 9.08. The van der Waals surface area contributed by atoms with Crippen molar-refractivity contribution < 1.29 is 18.8 Å². The zero-order valence-corrected chi connectivity index (χ0v) is 10.1. The van der Waals surface area contributed by atoms with E-state index in [1.807, 2.05) is 0 Å². The van der Waals surface area contributed by atoms with Crippen LogP contribution in [0.2, 0.25) is 0 Å². The molecule has 0 atom stereocenters. The van der Waals surface area contributed by atoms with Gasteiger partial charge < -0.3 is 10.1 Å². The number of rotatable bonds is 3. The largest absolute Gasteiger partial charge is 0.381 e. The molecule has 6 nitrogen and oxygen atoms in total. The second-order valence-electron chi connectivity index (χ2n) is 4.28. The molecule has 1 saturated heterocycles. The van der Waals surface area contributed by atoms with E-state index >= 15 is 0 Å². The Balaban J connectivity index is 2.10. The number of nitro groups is 1. The van der Waals surface area contributed by atoms with Crippen molar-refractivity contribution in [1.82, 2.24) is 5.32 Å². The maximum Gasteiger partial charge on any atom is 0.305 e. The molecule has 2 rings (SSSR count). The number of nitrogens with zero attached hydrogens (tertiary/aromatic N) is 1. The lowest BCUT2D eigenvalue weighted by Gasteiger charge is -2.23. The first kappa shape index (κ1) is 13.4. The Morgan fingerprint density at radius 3 is 2.74 bits per heavy atom. The molecule has 1 aliphatic rings. The highest BCUT2D eigenvalue weighted by molar-refractivity contribution is 5.95. The van der Waals surface area contributed by atoms with Crippen LogP contribution in [0.1, 0.15) is 23.2 Å². The summed E-state index contributed by atoms with van der Waals surface area (Å²) in [7, 11) is 0. The average Bonchev–Trinajstić information content (AvgIpc) is 2.40. The van der Waals surface area contributed by atoms with Crippen LogP contribution in [-0.4, -0.2) is 30.1 Å². The summed E-state index contributed by atoms with van der Waals surface area (Å²) >= 11 is 0. The molecule has 1 N–H and O–H groups in total. The Kier molecular flexibility index (Phi) is 4.06. The van der Waals surface area contributed by atoms with Crippen LogP contribution in [0.15, 0.2) is 18.2 Å². The van der Waals surface area contributed by atoms with Gasteiger partial charge in [0.05, 0.1) is 4.92 Å². The Morgan fingerprint density at radius 1 is 1.42 bits per heavy atom. The second kappa shape index (κ2) is 5.75. The molecule has 0 radical (unpaired) electrons. The number of halogens is 1. The van der Waals surface area contributed by atoms with Crippen molar-refractivity contribution in [2.75, 3.05) is 13.2 Å². The smallest absolute Gasteiger partial charge is 0.305 e. The van der Waals surface area contributed by atoms with Gasteiger partial charge in [-0.25, -0.2) is 0 Å². The molecule has 1 heterocycles. The van der Waals surface area contributed by atoms with Crippen molar-refractivity contribution in [3.05, 3.63) is 39.7 Å². The maximum atomic E-state index is 13.2. The van der Waals surface area contributed by atoms with Crippen LogP contribution >= 0.6 is 0 Å². The van der Waals surface area contributed by atoms with Gasteiger partial charge in [-0.3, -0.25) is 14.9 Å². The van der Waals surface area contributed by atoms with Crippen LogP contribution in [-0.2, 0) is 4.74 Å². The lowest BCUT2D eigenvalue weighted by molar-refractivity contribution is -0.387. The molecule has 1 aromatic rings. The molecule has 1 aliphatic heterocycles. The lowest BCUT2D eigenvalue weighted by Crippen LogP contribution is -2.38. The molecule has 7 heteroatoms. The fourth-order valence-corrected chi connectivity index (χ4v) is 1.90. The van der Waals surface area contributed by atoms with E-state index < -0.39 is 22.3 Å². The molecule has 0 unspecified atom stereocenters. The summed E-state index contributed by atoms with van der Waals surface area (Å²) in [5, 5.41) is 13.4. The third kappa shape index (κ3) is 3.25. The predicted octanol–water partition coefficient (Wildman–Crippen LogP) is 1.64. The van der Waals surface area contributed by atoms with Gasteiger partial charge in [-0.15, -0.1) is 0 Å². The molecule has 102 valence electrons. The third-order valence-corrected chi connectivity index (χ3v) is 2.96. The van der Waals surface area contributed by atoms with Gasteiger partial charge in [0.2, 0.25) is 5.82 Å². The van der Waals surface area contributed by atoms with Crippen molar-refractivity contribution in [1.29, 1.82) is 0 Å². The van der Waals surface area contributed by atoms with Gasteiger partial charge in [0, 0.05) is 30.9 Å². The van der Waals surface area contributed by atoms with E-state index in [0.717, 1.165) is 12.1 Å². The zero-order chi connectivity index (χ0) is 13.8. The maximum absolute atomic E-state index is 13.2. The fourth-order valence-electron chi connectivity index (χ4n) is 1.90. The highest BCUT2D eigenvalue weighted by Crippen LogP contribution is 2.19. The predicted molar refractivity (Wildman–Crippen MR) is 64.4 cm³/mol. The molecular formula is C12H13FN2O4. The molecule has 1 fully saturated rings. The summed E-state index contributed by atoms with van der Waals surface area (Å²) < 4.78 is 18.3. The summed E-state index contributed by atoms with van der Waals surface area (Å²) in [6.45, 7) is 1.16. The van der Waals surface area contributed by atoms with Gasteiger partial charge in [0.15, 0.2) is 0 Å². The van der Waals surface area contributed by atoms with Crippen LogP contribution in [0.25, 0.3) is 0 Å². The van der Waals surface area contributed by atoms with E-state index in [4.69, 9.17) is 4.74 Å². The van der Waals surface area contributed by atoms with Gasteiger partial charge >= 0.3 is 5.69 Å². The lowest BCUT2D eigenvalue weighted by atomic mass is 10.1. The van der Waals surface area contributed by atoms with Crippen LogP contribution in [0, 0.1) is 15.9 Å². The molecular weight excluding hydrogens is 255 g/mol. The van der Waals surface area contributed by atoms with Crippen LogP contribution < -0.4 is 5.32 Å². The van der Waals surface area contributed by atoms with Crippen molar-refractivity contribution in [3.63, 3.8) is 0 Å². The Labute approximate surface area is 108 Å². The Bertz CT molecular complexity index is 501. The monoisotopic (exact) mass is 268 g/mol. The molecule has 19 heavy (non-hydrogen) atoms. The van der Waals surface area contributed by atoms with E-state index in [2.05, 4.69) is 5.32 Å². The normalized spacial score (nSPS) is 16.1. The number of hydrogen-bond donors (Lipinski definition) is 1. The fraction of sp³-hybridized carbons (Fsp3) is 0.417. The van der Waals surface area contributed by atoms with Crippen LogP contribution in [0.4, 0.5) is 10.1 Å². The van der Waals surface area contributed by atoms with Gasteiger partial charge in [-0.05, 0) is 25.0 Å². The quantitative estimate of drug-likeness (QED) is 0.667. The Hall–Kier alpha value is -2.02. The Morgan fingerprint density at radius 2 is 2.11 bits per heavy atom. The molecule has 0 spiro atoms. The minimum absolute atomic E-state index is 0.00893. The van der Waals surface area contributed by atoms with Crippen molar-refractivity contribution in [3.8, 4) is 0 Å². The number of ether oxygens (including phenoxy) is 1. The summed E-state index contributed by atoms with van der Waals surface area (Å²) in [6.07, 6.45) is 1.41. The summed E-state index contributed by atoms with van der Waals surface area (Å²) in [5.41, 5.74) is -0.612. The molecule has 1 amide bonds. The zero-order valence-electron chi connectivity index (χ0n) is 10.1. The summed E-state index contributed by atoms with van der Waals surface area (Å²) in [4.78, 5) is 21.7. The highest BCUT2D eigenvalue weighted by atomic mass is 19.1. The van der Waals surface area contributed by atoms with Gasteiger partial charge in [-0.2, -0.15) is 4.39 Å². The van der Waals surface area contributed by atoms with Crippen molar-refractivity contribution in [2.45, 2.75) is 18.9 Å². The second-order valence-corrected chi connectivity index (χ2v) is 4.28. The number of amides is 1. The number of carbonyl (C=O) groups is 1. The van der Waals surface area contributed by atoms with E-state index in [-0.39, 0.29) is 11.6 Å². The SMILES string of the molecule is O=C(NC1CCOCC1)c1ccc(F)c([N+](=O)[O-])c1. The van der Waals surface area contributed by atoms with Crippen LogP contribution in [0.3, 0.4) is 0 Å². The minimum Gasteiger partial charge on any atom is -0.381 e. The van der Waals surface area contributed by atoms with Crippen molar-refractivity contribution >= 4 is 11.6 Å². The van der Waals surface area contributed by atoms with E-state index in [0.29, 0.717) is 26.1 Å². The number of nitrogens with one attached hydrogen (secondary N) is 1. The van der Waals surface area contributed by atoms with Gasteiger partial charge in [0.25, 0.3) is 5.91 Å².